The summed E-state index contributed by atoms with van der Waals surface area (Å²) in [5.74, 6) is 1.71. The number of aromatic nitrogens is 2. The molecule has 0 spiro atoms. The molecule has 0 amide bonds. The molecule has 4 heteroatoms. The molecule has 0 aliphatic carbocycles. The van der Waals surface area contributed by atoms with Gasteiger partial charge in [0.1, 0.15) is 11.6 Å². The second-order valence-electron chi connectivity index (χ2n) is 4.59. The van der Waals surface area contributed by atoms with E-state index in [1.54, 1.807) is 13.3 Å². The maximum atomic E-state index is 5.43. The number of H-pyrrole nitrogens is 1. The lowest BCUT2D eigenvalue weighted by Gasteiger charge is -2.12. The molecule has 2 N–H and O–H groups in total. The van der Waals surface area contributed by atoms with Crippen LogP contribution in [-0.4, -0.2) is 17.1 Å². The van der Waals surface area contributed by atoms with Crippen LogP contribution < -0.4 is 10.1 Å². The highest BCUT2D eigenvalue weighted by molar-refractivity contribution is 5.59. The molecule has 1 radical (unpaired) electrons. The molecule has 0 aliphatic rings. The van der Waals surface area contributed by atoms with Crippen LogP contribution in [-0.2, 0) is 6.54 Å². The van der Waals surface area contributed by atoms with Crippen LogP contribution in [0.4, 0.5) is 5.69 Å². The number of para-hydroxylation sites is 1. The van der Waals surface area contributed by atoms with Gasteiger partial charge >= 0.3 is 0 Å². The first-order valence-corrected chi connectivity index (χ1v) is 6.74. The Morgan fingerprint density at radius 2 is 2.24 bits per heavy atom. The second kappa shape index (κ2) is 6.13. The van der Waals surface area contributed by atoms with E-state index in [4.69, 9.17) is 4.74 Å². The second-order valence-corrected chi connectivity index (χ2v) is 4.59. The van der Waals surface area contributed by atoms with Gasteiger partial charge in [-0.3, -0.25) is 0 Å². The van der Waals surface area contributed by atoms with Crippen molar-refractivity contribution in [3.05, 3.63) is 66.5 Å². The van der Waals surface area contributed by atoms with E-state index < -0.39 is 0 Å². The Balaban J connectivity index is 1.84. The number of rotatable bonds is 5. The standard InChI is InChI=1S/C17H16N3O/c1-21-16-8-7-13(17-18-9-10-19-17)11-14(16)12-20-15-5-3-2-4-6-15/h2-5,7-11,20H,12H2,1H3,(H,18,19). The predicted molar refractivity (Wildman–Crippen MR) is 83.2 cm³/mol. The fourth-order valence-electron chi connectivity index (χ4n) is 2.18. The molecule has 0 fully saturated rings. The molecule has 1 aromatic heterocycles. The summed E-state index contributed by atoms with van der Waals surface area (Å²) in [4.78, 5) is 7.39. The van der Waals surface area contributed by atoms with Crippen molar-refractivity contribution < 1.29 is 4.74 Å². The Kier molecular flexibility index (Phi) is 3.87. The molecule has 0 saturated carbocycles. The molecule has 3 rings (SSSR count). The first-order valence-electron chi connectivity index (χ1n) is 6.74. The van der Waals surface area contributed by atoms with Crippen molar-refractivity contribution in [2.75, 3.05) is 12.4 Å². The van der Waals surface area contributed by atoms with E-state index in [1.165, 1.54) is 0 Å². The molecule has 21 heavy (non-hydrogen) atoms. The first kappa shape index (κ1) is 13.2. The molecule has 0 aliphatic heterocycles. The third-order valence-electron chi connectivity index (χ3n) is 3.23. The van der Waals surface area contributed by atoms with Crippen LogP contribution in [0, 0.1) is 6.07 Å². The van der Waals surface area contributed by atoms with Gasteiger partial charge in [-0.1, -0.05) is 18.2 Å². The SMILES string of the molecule is COc1ccc(-c2ncc[nH]2)cc1CNc1[c]cccc1. The van der Waals surface area contributed by atoms with Gasteiger partial charge in [0.15, 0.2) is 0 Å². The molecule has 0 unspecified atom stereocenters. The lowest BCUT2D eigenvalue weighted by Crippen LogP contribution is -2.02. The Morgan fingerprint density at radius 3 is 2.95 bits per heavy atom. The number of methoxy groups -OCH3 is 1. The smallest absolute Gasteiger partial charge is 0.137 e. The number of hydrogen-bond donors (Lipinski definition) is 2. The van der Waals surface area contributed by atoms with E-state index in [9.17, 15) is 0 Å². The molecular formula is C17H16N3O. The Hall–Kier alpha value is -2.75. The predicted octanol–water partition coefficient (Wildman–Crippen LogP) is 3.50. The number of hydrogen-bond acceptors (Lipinski definition) is 3. The zero-order valence-electron chi connectivity index (χ0n) is 11.8. The van der Waals surface area contributed by atoms with Crippen LogP contribution in [0.1, 0.15) is 5.56 Å². The molecule has 105 valence electrons. The van der Waals surface area contributed by atoms with Crippen molar-refractivity contribution >= 4 is 5.69 Å². The van der Waals surface area contributed by atoms with Crippen LogP contribution in [0.5, 0.6) is 5.75 Å². The quantitative estimate of drug-likeness (QED) is 0.751. The zero-order chi connectivity index (χ0) is 14.5. The topological polar surface area (TPSA) is 49.9 Å². The first-order chi connectivity index (χ1) is 10.4. The van der Waals surface area contributed by atoms with Gasteiger partial charge in [0.25, 0.3) is 0 Å². The monoisotopic (exact) mass is 278 g/mol. The number of aromatic amines is 1. The molecule has 1 heterocycles. The minimum atomic E-state index is 0.665. The minimum absolute atomic E-state index is 0.665. The fourth-order valence-corrected chi connectivity index (χ4v) is 2.18. The van der Waals surface area contributed by atoms with Gasteiger partial charge in [-0.25, -0.2) is 4.98 Å². The number of benzene rings is 2. The van der Waals surface area contributed by atoms with Crippen molar-refractivity contribution in [1.29, 1.82) is 0 Å². The van der Waals surface area contributed by atoms with E-state index >= 15 is 0 Å². The van der Waals surface area contributed by atoms with Crippen LogP contribution in [0.3, 0.4) is 0 Å². The van der Waals surface area contributed by atoms with Crippen molar-refractivity contribution in [1.82, 2.24) is 9.97 Å². The lowest BCUT2D eigenvalue weighted by molar-refractivity contribution is 0.410. The van der Waals surface area contributed by atoms with E-state index in [2.05, 4.69) is 27.4 Å². The summed E-state index contributed by atoms with van der Waals surface area (Å²) in [6.07, 6.45) is 3.56. The van der Waals surface area contributed by atoms with E-state index in [0.29, 0.717) is 6.54 Å². The van der Waals surface area contributed by atoms with E-state index in [0.717, 1.165) is 28.4 Å². The Morgan fingerprint density at radius 1 is 1.29 bits per heavy atom. The van der Waals surface area contributed by atoms with Crippen LogP contribution in [0.25, 0.3) is 11.4 Å². The number of nitrogens with one attached hydrogen (secondary N) is 2. The summed E-state index contributed by atoms with van der Waals surface area (Å²) in [6, 6.07) is 17.0. The van der Waals surface area contributed by atoms with Gasteiger partial charge in [0.2, 0.25) is 0 Å². The van der Waals surface area contributed by atoms with E-state index in [1.807, 2.05) is 42.6 Å². The lowest BCUT2D eigenvalue weighted by atomic mass is 10.1. The molecule has 2 aromatic carbocycles. The van der Waals surface area contributed by atoms with Crippen LogP contribution >= 0.6 is 0 Å². The maximum absolute atomic E-state index is 5.43. The summed E-state index contributed by atoms with van der Waals surface area (Å²) in [7, 11) is 1.68. The van der Waals surface area contributed by atoms with Crippen LogP contribution in [0.2, 0.25) is 0 Å². The molecule has 3 aromatic rings. The van der Waals surface area contributed by atoms with Gasteiger partial charge in [0.05, 0.1) is 7.11 Å². The van der Waals surface area contributed by atoms with Crippen molar-refractivity contribution in [3.63, 3.8) is 0 Å². The summed E-state index contributed by atoms with van der Waals surface area (Å²) in [6.45, 7) is 0.665. The average Bonchev–Trinajstić information content (AvgIpc) is 3.08. The highest BCUT2D eigenvalue weighted by atomic mass is 16.5. The third kappa shape index (κ3) is 3.05. The molecule has 4 nitrogen and oxygen atoms in total. The fraction of sp³-hybridized carbons (Fsp3) is 0.118. The van der Waals surface area contributed by atoms with Gasteiger partial charge in [0, 0.05) is 41.8 Å². The Bertz CT molecular complexity index is 693. The van der Waals surface area contributed by atoms with Crippen LogP contribution in [0.15, 0.2) is 54.9 Å². The van der Waals surface area contributed by atoms with Gasteiger partial charge in [-0.2, -0.15) is 0 Å². The Labute approximate surface area is 123 Å². The molecule has 0 saturated heterocycles. The molecular weight excluding hydrogens is 262 g/mol. The normalized spacial score (nSPS) is 10.3. The molecule has 0 atom stereocenters. The maximum Gasteiger partial charge on any atom is 0.137 e. The number of imidazole rings is 1. The van der Waals surface area contributed by atoms with Gasteiger partial charge in [-0.05, 0) is 24.3 Å². The highest BCUT2D eigenvalue weighted by Crippen LogP contribution is 2.25. The van der Waals surface area contributed by atoms with Crippen molar-refractivity contribution in [2.45, 2.75) is 6.54 Å². The van der Waals surface area contributed by atoms with Crippen molar-refractivity contribution in [3.8, 4) is 17.1 Å². The number of ether oxygens (including phenoxy) is 1. The minimum Gasteiger partial charge on any atom is -0.496 e. The zero-order valence-corrected chi connectivity index (χ0v) is 11.8. The average molecular weight is 278 g/mol. The number of nitrogens with zero attached hydrogens (tertiary/aromatic N) is 1. The molecule has 0 bridgehead atoms. The third-order valence-corrected chi connectivity index (χ3v) is 3.23. The van der Waals surface area contributed by atoms with Gasteiger partial charge < -0.3 is 15.0 Å². The summed E-state index contributed by atoms with van der Waals surface area (Å²) < 4.78 is 5.43. The van der Waals surface area contributed by atoms with E-state index in [-0.39, 0.29) is 0 Å². The summed E-state index contributed by atoms with van der Waals surface area (Å²) in [5, 5.41) is 3.34. The summed E-state index contributed by atoms with van der Waals surface area (Å²) >= 11 is 0. The highest BCUT2D eigenvalue weighted by Gasteiger charge is 2.07. The summed E-state index contributed by atoms with van der Waals surface area (Å²) in [5.41, 5.74) is 3.07. The largest absolute Gasteiger partial charge is 0.496 e. The van der Waals surface area contributed by atoms with Crippen molar-refractivity contribution in [2.24, 2.45) is 0 Å². The van der Waals surface area contributed by atoms with Gasteiger partial charge in [-0.15, -0.1) is 0 Å². The number of anilines is 1.